The fourth-order valence-corrected chi connectivity index (χ4v) is 4.10. The van der Waals surface area contributed by atoms with Crippen LogP contribution < -0.4 is 15.9 Å². The van der Waals surface area contributed by atoms with Crippen LogP contribution >= 0.6 is 0 Å². The Morgan fingerprint density at radius 2 is 2.00 bits per heavy atom. The lowest BCUT2D eigenvalue weighted by Gasteiger charge is -2.21. The van der Waals surface area contributed by atoms with E-state index in [1.165, 1.54) is 12.4 Å². The van der Waals surface area contributed by atoms with Gasteiger partial charge >= 0.3 is 6.16 Å². The summed E-state index contributed by atoms with van der Waals surface area (Å²) in [6.07, 6.45) is 2.44. The van der Waals surface area contributed by atoms with Gasteiger partial charge in [0.2, 0.25) is 11.2 Å². The van der Waals surface area contributed by atoms with Crippen molar-refractivity contribution < 1.29 is 36.4 Å². The highest BCUT2D eigenvalue weighted by Gasteiger charge is 2.36. The van der Waals surface area contributed by atoms with Gasteiger partial charge in [-0.15, -0.1) is 0 Å². The number of fused-ring (bicyclic) bond motifs is 1. The van der Waals surface area contributed by atoms with Gasteiger partial charge in [-0.25, -0.2) is 18.6 Å². The fraction of sp³-hybridized carbons (Fsp3) is 0.235. The average molecular weight is 456 g/mol. The molecule has 31 heavy (non-hydrogen) atoms. The minimum absolute atomic E-state index is 0.417. The van der Waals surface area contributed by atoms with Gasteiger partial charge in [0.1, 0.15) is 11.4 Å². The van der Waals surface area contributed by atoms with Crippen LogP contribution in [-0.2, 0) is 15.9 Å². The number of carbonyl (C=O) groups is 1. The Morgan fingerprint density at radius 3 is 2.52 bits per heavy atom. The molecular weight excluding hydrogens is 442 g/mol. The van der Waals surface area contributed by atoms with Crippen molar-refractivity contribution in [3.8, 4) is 11.4 Å². The molecule has 0 saturated heterocycles. The Kier molecular flexibility index (Phi) is 4.70. The molecule has 1 fully saturated rings. The molecule has 14 heteroatoms. The normalized spacial score (nSPS) is 14.2. The van der Waals surface area contributed by atoms with Gasteiger partial charge in [0.25, 0.3) is 10.1 Å². The molecule has 0 unspecified atom stereocenters. The second-order valence-electron chi connectivity index (χ2n) is 6.88. The van der Waals surface area contributed by atoms with Gasteiger partial charge in [0.15, 0.2) is 11.6 Å². The predicted molar refractivity (Wildman–Crippen MR) is 102 cm³/mol. The molecular formula is C17H14F2N4O7S. The Bertz CT molecular complexity index is 1400. The molecule has 0 bridgehead atoms. The number of pyridine rings is 1. The van der Waals surface area contributed by atoms with Gasteiger partial charge in [-0.3, -0.25) is 9.35 Å². The lowest BCUT2D eigenvalue weighted by atomic mass is 10.1. The van der Waals surface area contributed by atoms with E-state index in [9.17, 15) is 27.0 Å². The molecule has 0 atom stereocenters. The van der Waals surface area contributed by atoms with E-state index in [0.29, 0.717) is 12.8 Å². The quantitative estimate of drug-likeness (QED) is 0.295. The number of halogens is 2. The van der Waals surface area contributed by atoms with E-state index in [-0.39, 0.29) is 0 Å². The van der Waals surface area contributed by atoms with Crippen LogP contribution in [0.25, 0.3) is 16.6 Å². The summed E-state index contributed by atoms with van der Waals surface area (Å²) in [4.78, 5) is 27.8. The van der Waals surface area contributed by atoms with E-state index in [0.717, 1.165) is 15.5 Å². The third kappa shape index (κ3) is 3.48. The molecule has 1 aliphatic carbocycles. The lowest BCUT2D eigenvalue weighted by molar-refractivity contribution is 0.143. The van der Waals surface area contributed by atoms with E-state index in [1.54, 1.807) is 0 Å². The summed E-state index contributed by atoms with van der Waals surface area (Å²) in [5, 5.41) is 8.30. The smallest absolute Gasteiger partial charge is 0.449 e. The number of nitrogens with two attached hydrogens (primary N) is 1. The number of nitrogen functional groups attached to an aromatic ring is 1. The molecule has 1 aliphatic rings. The van der Waals surface area contributed by atoms with Crippen molar-refractivity contribution in [2.45, 2.75) is 24.6 Å². The second-order valence-corrected chi connectivity index (χ2v) is 8.34. The van der Waals surface area contributed by atoms with Gasteiger partial charge < -0.3 is 24.7 Å². The molecule has 11 nitrogen and oxygen atoms in total. The first-order valence-electron chi connectivity index (χ1n) is 8.73. The SMILES string of the molecule is Nc1c(F)c(-n2ccnc2)c(F)c2c1c(=O)c(OC(=O)O)c(CS(=O)(=O)O)n2C1CC1. The summed E-state index contributed by atoms with van der Waals surface area (Å²) in [6.45, 7) is 0. The summed E-state index contributed by atoms with van der Waals surface area (Å²) < 4.78 is 69.6. The zero-order chi connectivity index (χ0) is 22.7. The Hall–Kier alpha value is -3.52. The van der Waals surface area contributed by atoms with Crippen molar-refractivity contribution in [3.63, 3.8) is 0 Å². The van der Waals surface area contributed by atoms with Crippen molar-refractivity contribution in [3.05, 3.63) is 46.3 Å². The molecule has 0 radical (unpaired) electrons. The zero-order valence-electron chi connectivity index (χ0n) is 15.4. The number of benzene rings is 1. The number of imidazole rings is 1. The van der Waals surface area contributed by atoms with E-state index in [1.807, 2.05) is 0 Å². The third-order valence-electron chi connectivity index (χ3n) is 4.78. The highest BCUT2D eigenvalue weighted by atomic mass is 32.2. The molecule has 0 amide bonds. The monoisotopic (exact) mass is 456 g/mol. The first-order valence-corrected chi connectivity index (χ1v) is 10.3. The molecule has 4 rings (SSSR count). The minimum Gasteiger partial charge on any atom is -0.449 e. The first kappa shape index (κ1) is 20.7. The average Bonchev–Trinajstić information content (AvgIpc) is 3.35. The molecule has 0 spiro atoms. The van der Waals surface area contributed by atoms with Crippen LogP contribution in [0, 0.1) is 11.6 Å². The van der Waals surface area contributed by atoms with E-state index >= 15 is 4.39 Å². The Balaban J connectivity index is 2.24. The number of carboxylic acid groups (broad SMARTS) is 1. The fourth-order valence-electron chi connectivity index (χ4n) is 3.48. The molecule has 1 aromatic carbocycles. The number of aromatic nitrogens is 3. The van der Waals surface area contributed by atoms with Gasteiger partial charge in [-0.05, 0) is 12.8 Å². The van der Waals surface area contributed by atoms with Crippen LogP contribution in [0.4, 0.5) is 19.3 Å². The molecule has 164 valence electrons. The molecule has 4 N–H and O–H groups in total. The maximum atomic E-state index is 15.6. The number of anilines is 1. The van der Waals surface area contributed by atoms with Crippen LogP contribution in [-0.4, -0.2) is 38.4 Å². The largest absolute Gasteiger partial charge is 0.511 e. The lowest BCUT2D eigenvalue weighted by Crippen LogP contribution is -2.25. The Labute approximate surface area is 172 Å². The van der Waals surface area contributed by atoms with Crippen LogP contribution in [0.1, 0.15) is 24.6 Å². The first-order chi connectivity index (χ1) is 14.5. The summed E-state index contributed by atoms with van der Waals surface area (Å²) in [5.74, 6) is -4.80. The number of nitrogens with zero attached hydrogens (tertiary/aromatic N) is 3. The van der Waals surface area contributed by atoms with Gasteiger partial charge in [-0.1, -0.05) is 0 Å². The van der Waals surface area contributed by atoms with Crippen LogP contribution in [0.3, 0.4) is 0 Å². The molecule has 3 aromatic rings. The van der Waals surface area contributed by atoms with Crippen molar-refractivity contribution >= 4 is 32.9 Å². The highest BCUT2D eigenvalue weighted by molar-refractivity contribution is 7.85. The van der Waals surface area contributed by atoms with Crippen LogP contribution in [0.5, 0.6) is 5.75 Å². The van der Waals surface area contributed by atoms with Crippen molar-refractivity contribution in [2.75, 3.05) is 5.73 Å². The van der Waals surface area contributed by atoms with Gasteiger partial charge in [0.05, 0.1) is 28.6 Å². The number of hydrogen-bond donors (Lipinski definition) is 3. The summed E-state index contributed by atoms with van der Waals surface area (Å²) in [7, 11) is -4.81. The predicted octanol–water partition coefficient (Wildman–Crippen LogP) is 1.83. The van der Waals surface area contributed by atoms with Gasteiger partial charge in [-0.2, -0.15) is 8.42 Å². The van der Waals surface area contributed by atoms with Crippen molar-refractivity contribution in [1.82, 2.24) is 14.1 Å². The van der Waals surface area contributed by atoms with Gasteiger partial charge in [0, 0.05) is 18.4 Å². The maximum absolute atomic E-state index is 15.6. The summed E-state index contributed by atoms with van der Waals surface area (Å²) >= 11 is 0. The third-order valence-corrected chi connectivity index (χ3v) is 5.41. The summed E-state index contributed by atoms with van der Waals surface area (Å²) in [6, 6.07) is -0.564. The second kappa shape index (κ2) is 7.02. The van der Waals surface area contributed by atoms with Crippen LogP contribution in [0.2, 0.25) is 0 Å². The molecule has 2 aromatic heterocycles. The molecule has 2 heterocycles. The zero-order valence-corrected chi connectivity index (χ0v) is 16.3. The number of rotatable bonds is 5. The van der Waals surface area contributed by atoms with E-state index < -0.39 is 78.9 Å². The summed E-state index contributed by atoms with van der Waals surface area (Å²) in [5.41, 5.74) is 1.89. The molecule has 0 aliphatic heterocycles. The maximum Gasteiger partial charge on any atom is 0.511 e. The minimum atomic E-state index is -4.81. The van der Waals surface area contributed by atoms with Crippen LogP contribution in [0.15, 0.2) is 23.5 Å². The highest BCUT2D eigenvalue weighted by Crippen LogP contribution is 2.43. The van der Waals surface area contributed by atoms with E-state index in [2.05, 4.69) is 9.72 Å². The van der Waals surface area contributed by atoms with Crippen molar-refractivity contribution in [2.24, 2.45) is 0 Å². The topological polar surface area (TPSA) is 167 Å². The molecule has 1 saturated carbocycles. The van der Waals surface area contributed by atoms with E-state index in [4.69, 9.17) is 10.8 Å². The van der Waals surface area contributed by atoms with Crippen molar-refractivity contribution in [1.29, 1.82) is 0 Å². The Morgan fingerprint density at radius 1 is 1.32 bits per heavy atom. The number of ether oxygens (including phenoxy) is 1. The number of hydrogen-bond acceptors (Lipinski definition) is 7. The standard InChI is InChI=1S/C17H14F2N4O7S/c18-10-12(20)9-13(11(19)14(10)22-4-3-21-6-22)23(7-1-2-7)8(5-31(27,28)29)16(15(9)24)30-17(25)26/h3-4,6-7H,1-2,5,20H2,(H,25,26)(H,27,28,29).